The molecule has 134 valence electrons. The van der Waals surface area contributed by atoms with E-state index in [0.29, 0.717) is 0 Å². The maximum absolute atomic E-state index is 13.4. The van der Waals surface area contributed by atoms with Gasteiger partial charge in [-0.25, -0.2) is 4.39 Å². The van der Waals surface area contributed by atoms with E-state index < -0.39 is 6.23 Å². The SMILES string of the molecule is Cc1cccc2c1=C(c1ccc(F)cc1)CC=2C1=CCN(C(C)O)CC1. The van der Waals surface area contributed by atoms with E-state index in [0.717, 1.165) is 31.5 Å². The predicted octanol–water partition coefficient (Wildman–Crippen LogP) is 2.86. The normalized spacial score (nSPS) is 18.7. The van der Waals surface area contributed by atoms with Crippen LogP contribution >= 0.6 is 0 Å². The van der Waals surface area contributed by atoms with Crippen LogP contribution in [0.2, 0.25) is 0 Å². The molecule has 1 N–H and O–H groups in total. The lowest BCUT2D eigenvalue weighted by Crippen LogP contribution is -2.37. The molecule has 1 unspecified atom stereocenters. The molecule has 1 aliphatic heterocycles. The Hall–Kier alpha value is -2.23. The molecule has 0 bridgehead atoms. The molecule has 0 fully saturated rings. The second-order valence-electron chi connectivity index (χ2n) is 7.24. The van der Waals surface area contributed by atoms with Crippen LogP contribution in [0.25, 0.3) is 11.1 Å². The van der Waals surface area contributed by atoms with E-state index in [1.807, 2.05) is 19.1 Å². The molecule has 0 radical (unpaired) electrons. The minimum absolute atomic E-state index is 0.199. The fourth-order valence-corrected chi connectivity index (χ4v) is 4.16. The van der Waals surface area contributed by atoms with E-state index in [-0.39, 0.29) is 5.82 Å². The monoisotopic (exact) mass is 349 g/mol. The van der Waals surface area contributed by atoms with E-state index in [4.69, 9.17) is 0 Å². The highest BCUT2D eigenvalue weighted by Crippen LogP contribution is 2.31. The quantitative estimate of drug-likeness (QED) is 0.921. The van der Waals surface area contributed by atoms with Crippen LogP contribution in [0.1, 0.15) is 30.9 Å². The lowest BCUT2D eigenvalue weighted by atomic mass is 9.94. The van der Waals surface area contributed by atoms with Gasteiger partial charge in [0.05, 0.1) is 0 Å². The summed E-state index contributed by atoms with van der Waals surface area (Å²) in [4.78, 5) is 2.07. The highest BCUT2D eigenvalue weighted by atomic mass is 19.1. The van der Waals surface area contributed by atoms with E-state index in [1.165, 1.54) is 32.7 Å². The van der Waals surface area contributed by atoms with Crippen molar-refractivity contribution in [2.45, 2.75) is 32.9 Å². The number of aliphatic hydroxyl groups is 1. The zero-order valence-electron chi connectivity index (χ0n) is 15.3. The van der Waals surface area contributed by atoms with Crippen molar-refractivity contribution in [2.24, 2.45) is 0 Å². The Kier molecular flexibility index (Phi) is 4.51. The first-order valence-electron chi connectivity index (χ1n) is 9.24. The van der Waals surface area contributed by atoms with Crippen LogP contribution in [0.4, 0.5) is 4.39 Å². The lowest BCUT2D eigenvalue weighted by Gasteiger charge is -2.29. The Balaban J connectivity index is 1.83. The third-order valence-electron chi connectivity index (χ3n) is 5.60. The van der Waals surface area contributed by atoms with Crippen LogP contribution in [0, 0.1) is 12.7 Å². The molecule has 0 amide bonds. The van der Waals surface area contributed by atoms with Gasteiger partial charge in [0.15, 0.2) is 0 Å². The van der Waals surface area contributed by atoms with Gasteiger partial charge in [-0.3, -0.25) is 4.90 Å². The molecule has 0 aromatic heterocycles. The number of benzene rings is 2. The Bertz CT molecular complexity index is 986. The van der Waals surface area contributed by atoms with Crippen LogP contribution in [-0.4, -0.2) is 29.3 Å². The van der Waals surface area contributed by atoms with Crippen molar-refractivity contribution in [2.75, 3.05) is 13.1 Å². The zero-order valence-corrected chi connectivity index (χ0v) is 15.3. The van der Waals surface area contributed by atoms with E-state index in [9.17, 15) is 9.50 Å². The summed E-state index contributed by atoms with van der Waals surface area (Å²) in [6, 6.07) is 13.3. The minimum atomic E-state index is -0.405. The molecule has 3 heteroatoms. The summed E-state index contributed by atoms with van der Waals surface area (Å²) in [5, 5.41) is 12.4. The third-order valence-corrected chi connectivity index (χ3v) is 5.60. The number of halogens is 1. The topological polar surface area (TPSA) is 23.5 Å². The maximum Gasteiger partial charge on any atom is 0.123 e. The molecule has 26 heavy (non-hydrogen) atoms. The molecule has 0 saturated heterocycles. The highest BCUT2D eigenvalue weighted by molar-refractivity contribution is 5.84. The van der Waals surface area contributed by atoms with Gasteiger partial charge in [0.1, 0.15) is 12.0 Å². The molecule has 2 aromatic rings. The molecular weight excluding hydrogens is 325 g/mol. The summed E-state index contributed by atoms with van der Waals surface area (Å²) in [6.07, 6.45) is 3.68. The largest absolute Gasteiger partial charge is 0.379 e. The number of aryl methyl sites for hydroxylation is 1. The number of aliphatic hydroxyl groups excluding tert-OH is 1. The zero-order chi connectivity index (χ0) is 18.3. The Morgan fingerprint density at radius 2 is 1.85 bits per heavy atom. The molecule has 2 aromatic carbocycles. The Morgan fingerprint density at radius 3 is 2.50 bits per heavy atom. The summed E-state index contributed by atoms with van der Waals surface area (Å²) >= 11 is 0. The number of hydrogen-bond acceptors (Lipinski definition) is 2. The van der Waals surface area contributed by atoms with Crippen LogP contribution < -0.4 is 10.4 Å². The second kappa shape index (κ2) is 6.82. The van der Waals surface area contributed by atoms with Crippen molar-refractivity contribution in [1.29, 1.82) is 0 Å². The molecule has 2 aliphatic rings. The summed E-state index contributed by atoms with van der Waals surface area (Å²) < 4.78 is 13.4. The van der Waals surface area contributed by atoms with Gasteiger partial charge in [0.2, 0.25) is 0 Å². The second-order valence-corrected chi connectivity index (χ2v) is 7.24. The molecule has 1 aliphatic carbocycles. The summed E-state index contributed by atoms with van der Waals surface area (Å²) in [5.41, 5.74) is 6.41. The number of rotatable bonds is 3. The Labute approximate surface area is 153 Å². The van der Waals surface area contributed by atoms with Crippen molar-refractivity contribution >= 4 is 11.1 Å². The minimum Gasteiger partial charge on any atom is -0.379 e. The van der Waals surface area contributed by atoms with Crippen molar-refractivity contribution < 1.29 is 9.50 Å². The fourth-order valence-electron chi connectivity index (χ4n) is 4.16. The van der Waals surface area contributed by atoms with Gasteiger partial charge in [-0.1, -0.05) is 36.4 Å². The van der Waals surface area contributed by atoms with Crippen molar-refractivity contribution in [1.82, 2.24) is 4.90 Å². The molecule has 1 atom stereocenters. The van der Waals surface area contributed by atoms with E-state index in [2.05, 4.69) is 36.1 Å². The fraction of sp³-hybridized carbons (Fsp3) is 0.304. The standard InChI is InChI=1S/C23H24FNO/c1-15-4-3-5-20-21(18-10-12-25(13-11-18)16(2)26)14-22(23(15)20)17-6-8-19(24)9-7-17/h3-10,16,26H,11-14H2,1-2H3. The van der Waals surface area contributed by atoms with Crippen LogP contribution in [0.5, 0.6) is 0 Å². The van der Waals surface area contributed by atoms with Gasteiger partial charge in [0, 0.05) is 13.1 Å². The average molecular weight is 349 g/mol. The van der Waals surface area contributed by atoms with Gasteiger partial charge in [-0.15, -0.1) is 0 Å². The van der Waals surface area contributed by atoms with Gasteiger partial charge in [0.25, 0.3) is 0 Å². The lowest BCUT2D eigenvalue weighted by molar-refractivity contribution is 0.0252. The molecular formula is C23H24FNO. The molecule has 0 saturated carbocycles. The van der Waals surface area contributed by atoms with Crippen LogP contribution in [0.3, 0.4) is 0 Å². The van der Waals surface area contributed by atoms with E-state index in [1.54, 1.807) is 12.1 Å². The van der Waals surface area contributed by atoms with Gasteiger partial charge < -0.3 is 5.11 Å². The van der Waals surface area contributed by atoms with Gasteiger partial charge in [-0.2, -0.15) is 0 Å². The molecule has 2 nitrogen and oxygen atoms in total. The van der Waals surface area contributed by atoms with Crippen molar-refractivity contribution in [3.05, 3.63) is 81.5 Å². The summed E-state index contributed by atoms with van der Waals surface area (Å²) in [6.45, 7) is 5.62. The summed E-state index contributed by atoms with van der Waals surface area (Å²) in [5.74, 6) is -0.199. The van der Waals surface area contributed by atoms with Crippen molar-refractivity contribution in [3.63, 3.8) is 0 Å². The molecule has 0 spiro atoms. The maximum atomic E-state index is 13.4. The number of fused-ring (bicyclic) bond motifs is 1. The number of hydrogen-bond donors (Lipinski definition) is 1. The predicted molar refractivity (Wildman–Crippen MR) is 103 cm³/mol. The number of nitrogens with zero attached hydrogens (tertiary/aromatic N) is 1. The molecule has 1 heterocycles. The third kappa shape index (κ3) is 3.02. The molecule has 4 rings (SSSR count). The van der Waals surface area contributed by atoms with Crippen LogP contribution in [-0.2, 0) is 0 Å². The Morgan fingerprint density at radius 1 is 1.08 bits per heavy atom. The van der Waals surface area contributed by atoms with Gasteiger partial charge in [-0.05, 0) is 77.1 Å². The average Bonchev–Trinajstić information content (AvgIpc) is 3.03. The van der Waals surface area contributed by atoms with E-state index >= 15 is 0 Å². The van der Waals surface area contributed by atoms with Crippen LogP contribution in [0.15, 0.2) is 54.1 Å². The first-order chi connectivity index (χ1) is 12.5. The summed E-state index contributed by atoms with van der Waals surface area (Å²) in [7, 11) is 0. The highest BCUT2D eigenvalue weighted by Gasteiger charge is 2.22. The first-order valence-corrected chi connectivity index (χ1v) is 9.24. The van der Waals surface area contributed by atoms with Crippen molar-refractivity contribution in [3.8, 4) is 0 Å². The van der Waals surface area contributed by atoms with Gasteiger partial charge >= 0.3 is 0 Å². The smallest absolute Gasteiger partial charge is 0.123 e. The first kappa shape index (κ1) is 17.2.